The molecule has 2 atom stereocenters. The van der Waals surface area contributed by atoms with E-state index in [4.69, 9.17) is 11.6 Å². The molecule has 1 aliphatic rings. The molecule has 2 rings (SSSR count). The number of rotatable bonds is 4. The summed E-state index contributed by atoms with van der Waals surface area (Å²) in [6.45, 7) is 0. The first kappa shape index (κ1) is 15.2. The van der Waals surface area contributed by atoms with Crippen LogP contribution in [0.3, 0.4) is 0 Å². The van der Waals surface area contributed by atoms with Gasteiger partial charge in [0.2, 0.25) is 0 Å². The van der Waals surface area contributed by atoms with Crippen LogP contribution in [0, 0.1) is 20.2 Å². The standard InChI is InChI=1S/C12H13ClN2O4Se/c13-9-3-1-2-4-11(9)20-12-6-5-8(14(16)17)7-10(12)15(18)19/h5-7,9,11H,1-4H2. The summed E-state index contributed by atoms with van der Waals surface area (Å²) < 4.78 is 0.589. The van der Waals surface area contributed by atoms with Gasteiger partial charge in [0.25, 0.3) is 0 Å². The van der Waals surface area contributed by atoms with Gasteiger partial charge in [0.05, 0.1) is 0 Å². The first-order chi connectivity index (χ1) is 9.49. The van der Waals surface area contributed by atoms with Gasteiger partial charge in [-0.3, -0.25) is 0 Å². The zero-order valence-electron chi connectivity index (χ0n) is 10.5. The summed E-state index contributed by atoms with van der Waals surface area (Å²) in [6.07, 6.45) is 4.11. The Hall–Kier alpha value is -1.17. The third-order valence-electron chi connectivity index (χ3n) is 3.25. The second kappa shape index (κ2) is 6.52. The van der Waals surface area contributed by atoms with E-state index in [0.717, 1.165) is 31.7 Å². The predicted octanol–water partition coefficient (Wildman–Crippen LogP) is 2.80. The van der Waals surface area contributed by atoms with Crippen LogP contribution >= 0.6 is 11.6 Å². The van der Waals surface area contributed by atoms with E-state index in [9.17, 15) is 20.2 Å². The van der Waals surface area contributed by atoms with Gasteiger partial charge >= 0.3 is 127 Å². The van der Waals surface area contributed by atoms with Crippen molar-refractivity contribution in [1.29, 1.82) is 0 Å². The summed E-state index contributed by atoms with van der Waals surface area (Å²) in [7, 11) is 0. The Morgan fingerprint density at radius 3 is 2.45 bits per heavy atom. The third-order valence-corrected chi connectivity index (χ3v) is 7.19. The van der Waals surface area contributed by atoms with Gasteiger partial charge in [-0.2, -0.15) is 0 Å². The van der Waals surface area contributed by atoms with E-state index in [1.807, 2.05) is 0 Å². The average Bonchev–Trinajstić information content (AvgIpc) is 2.41. The summed E-state index contributed by atoms with van der Waals surface area (Å²) in [5, 5.41) is 21.8. The Kier molecular flexibility index (Phi) is 4.96. The van der Waals surface area contributed by atoms with Gasteiger partial charge in [-0.15, -0.1) is 0 Å². The molecule has 0 aromatic heterocycles. The molecule has 1 aromatic carbocycles. The fourth-order valence-electron chi connectivity index (χ4n) is 2.21. The zero-order valence-corrected chi connectivity index (χ0v) is 13.0. The maximum atomic E-state index is 11.1. The summed E-state index contributed by atoms with van der Waals surface area (Å²) >= 11 is 6.15. The molecular formula is C12H13ClN2O4Se. The van der Waals surface area contributed by atoms with Gasteiger partial charge in [-0.25, -0.2) is 0 Å². The third kappa shape index (κ3) is 3.48. The fourth-order valence-corrected chi connectivity index (χ4v) is 5.47. The van der Waals surface area contributed by atoms with Crippen molar-refractivity contribution in [3.8, 4) is 0 Å². The molecule has 0 N–H and O–H groups in total. The van der Waals surface area contributed by atoms with Crippen molar-refractivity contribution in [3.63, 3.8) is 0 Å². The van der Waals surface area contributed by atoms with Gasteiger partial charge < -0.3 is 0 Å². The van der Waals surface area contributed by atoms with Gasteiger partial charge in [-0.05, 0) is 0 Å². The van der Waals surface area contributed by atoms with Crippen molar-refractivity contribution in [1.82, 2.24) is 0 Å². The second-order valence-corrected chi connectivity index (χ2v) is 7.87. The molecule has 20 heavy (non-hydrogen) atoms. The quantitative estimate of drug-likeness (QED) is 0.356. The Morgan fingerprint density at radius 1 is 1.15 bits per heavy atom. The Labute approximate surface area is 127 Å². The molecule has 0 aliphatic heterocycles. The van der Waals surface area contributed by atoms with Crippen molar-refractivity contribution in [2.45, 2.75) is 35.9 Å². The second-order valence-electron chi connectivity index (χ2n) is 4.62. The van der Waals surface area contributed by atoms with E-state index in [2.05, 4.69) is 0 Å². The topological polar surface area (TPSA) is 86.3 Å². The van der Waals surface area contributed by atoms with Gasteiger partial charge in [0.15, 0.2) is 0 Å². The van der Waals surface area contributed by atoms with Crippen molar-refractivity contribution >= 4 is 42.4 Å². The van der Waals surface area contributed by atoms with Crippen LogP contribution in [0.5, 0.6) is 0 Å². The molecule has 0 bridgehead atoms. The van der Waals surface area contributed by atoms with Crippen LogP contribution in [-0.4, -0.2) is 30.2 Å². The van der Waals surface area contributed by atoms with E-state index >= 15 is 0 Å². The molecule has 108 valence electrons. The fraction of sp³-hybridized carbons (Fsp3) is 0.500. The molecule has 0 radical (unpaired) electrons. The Balaban J connectivity index is 2.26. The molecule has 1 fully saturated rings. The molecule has 1 saturated carbocycles. The average molecular weight is 364 g/mol. The number of nitro benzene ring substituents is 2. The molecule has 0 amide bonds. The summed E-state index contributed by atoms with van der Waals surface area (Å²) in [4.78, 5) is 20.9. The molecule has 1 aliphatic carbocycles. The van der Waals surface area contributed by atoms with Crippen LogP contribution in [0.15, 0.2) is 18.2 Å². The monoisotopic (exact) mass is 364 g/mol. The zero-order chi connectivity index (χ0) is 14.7. The molecule has 1 aromatic rings. The number of hydrogen-bond acceptors (Lipinski definition) is 4. The van der Waals surface area contributed by atoms with E-state index in [1.165, 1.54) is 12.1 Å². The normalized spacial score (nSPS) is 22.4. The molecule has 0 heterocycles. The van der Waals surface area contributed by atoms with Crippen molar-refractivity contribution in [2.24, 2.45) is 0 Å². The van der Waals surface area contributed by atoms with Gasteiger partial charge in [-0.1, -0.05) is 0 Å². The van der Waals surface area contributed by atoms with Crippen LogP contribution in [0.2, 0.25) is 4.82 Å². The number of hydrogen-bond donors (Lipinski definition) is 0. The number of benzene rings is 1. The number of nitrogens with zero attached hydrogens (tertiary/aromatic N) is 2. The van der Waals surface area contributed by atoms with Crippen LogP contribution in [0.1, 0.15) is 25.7 Å². The van der Waals surface area contributed by atoms with E-state index < -0.39 is 9.85 Å². The van der Waals surface area contributed by atoms with Crippen molar-refractivity contribution < 1.29 is 9.85 Å². The molecular weight excluding hydrogens is 351 g/mol. The number of nitro groups is 2. The number of halogens is 1. The Bertz CT molecular complexity index is 540. The first-order valence-electron chi connectivity index (χ1n) is 6.22. The predicted molar refractivity (Wildman–Crippen MR) is 77.0 cm³/mol. The number of alkyl halides is 1. The molecule has 0 saturated heterocycles. The molecule has 6 nitrogen and oxygen atoms in total. The summed E-state index contributed by atoms with van der Waals surface area (Å²) in [6, 6.07) is 3.88. The number of non-ortho nitro benzene ring substituents is 1. The summed E-state index contributed by atoms with van der Waals surface area (Å²) in [5.41, 5.74) is -0.407. The SMILES string of the molecule is O=[N+]([O-])c1ccc([Se]C2CCCCC2Cl)c([N+](=O)[O-])c1. The minimum absolute atomic E-state index is 0.0542. The van der Waals surface area contributed by atoms with Crippen LogP contribution in [0.4, 0.5) is 11.4 Å². The maximum absolute atomic E-state index is 11.1. The molecule has 8 heteroatoms. The minimum atomic E-state index is -0.616. The van der Waals surface area contributed by atoms with Crippen LogP contribution < -0.4 is 4.46 Å². The van der Waals surface area contributed by atoms with Gasteiger partial charge in [0.1, 0.15) is 0 Å². The van der Waals surface area contributed by atoms with Crippen molar-refractivity contribution in [2.75, 3.05) is 0 Å². The van der Waals surface area contributed by atoms with Crippen LogP contribution in [-0.2, 0) is 0 Å². The molecule has 2 unspecified atom stereocenters. The van der Waals surface area contributed by atoms with E-state index in [1.54, 1.807) is 0 Å². The van der Waals surface area contributed by atoms with Gasteiger partial charge in [0, 0.05) is 0 Å². The van der Waals surface area contributed by atoms with Crippen molar-refractivity contribution in [3.05, 3.63) is 38.4 Å². The Morgan fingerprint density at radius 2 is 1.85 bits per heavy atom. The van der Waals surface area contributed by atoms with Crippen LogP contribution in [0.25, 0.3) is 0 Å². The van der Waals surface area contributed by atoms with E-state index in [-0.39, 0.29) is 36.5 Å². The summed E-state index contributed by atoms with van der Waals surface area (Å²) in [5.74, 6) is 0. The first-order valence-corrected chi connectivity index (χ1v) is 8.51. The molecule has 0 spiro atoms. The van der Waals surface area contributed by atoms with E-state index in [0.29, 0.717) is 4.46 Å².